The van der Waals surface area contributed by atoms with Gasteiger partial charge in [-0.25, -0.2) is 0 Å². The predicted octanol–water partition coefficient (Wildman–Crippen LogP) is 24.1. The monoisotopic (exact) mass is 2670 g/mol. The second kappa shape index (κ2) is 47.9. The Morgan fingerprint density at radius 2 is 0.676 bits per heavy atom. The van der Waals surface area contributed by atoms with E-state index in [9.17, 15) is 0 Å². The number of aromatic nitrogens is 20. The molecule has 0 bridgehead atoms. The molecule has 0 atom stereocenters. The second-order valence-corrected chi connectivity index (χ2v) is 32.2. The molecule has 0 N–H and O–H groups in total. The van der Waals surface area contributed by atoms with Crippen LogP contribution in [-0.4, -0.2) is 98.7 Å². The molecule has 5 radical (unpaired) electrons. The van der Waals surface area contributed by atoms with Gasteiger partial charge in [0.2, 0.25) is 0 Å². The van der Waals surface area contributed by atoms with Crippen molar-refractivity contribution in [2.75, 3.05) is 0 Å². The molecule has 0 unspecified atom stereocenters. The predicted molar refractivity (Wildman–Crippen MR) is 520 cm³/mol. The quantitative estimate of drug-likeness (QED) is 0.0822. The van der Waals surface area contributed by atoms with Crippen molar-refractivity contribution >= 4 is 0 Å². The first kappa shape index (κ1) is 103. The first-order chi connectivity index (χ1) is 63.8. The molecular weight excluding hydrogens is 2570 g/mol. The van der Waals surface area contributed by atoms with E-state index in [4.69, 9.17) is 4.98 Å². The summed E-state index contributed by atoms with van der Waals surface area (Å²) in [6.45, 7) is 31.0. The number of benzene rings is 10. The molecule has 0 saturated heterocycles. The second-order valence-electron chi connectivity index (χ2n) is 32.2. The normalized spacial score (nSPS) is 10.5. The van der Waals surface area contributed by atoms with Crippen LogP contribution >= 0.6 is 0 Å². The number of hydrogen-bond acceptors (Lipinski definition) is 15. The molecule has 10 aromatic heterocycles. The summed E-state index contributed by atoms with van der Waals surface area (Å²) in [6, 6.07) is 113. The standard InChI is InChI=1S/C25H25N4.C23H21N4.C22H19N4.C21H17N4.C20H15N4.5Ir/c1-16(2)20-11-7-12-21(15-20)24-27-28-25(23-17(3)9-6-10-18(23)4)29(24)22-13-8-14-26-19(22)5;1-15-10-8-9-13-20(15)23-26-25-22(19-11-6-5-7-12-19)27(23)21-16(2)14-17(3)24-18(21)4;1-15-9-7-8-12-19(15)22-25-24-21(18-10-5-4-6-11-18)26(22)20-14-13-16(2)23-17(20)3;1-15-13-14-19(16(2)22-15)25-20(17-9-5-3-6-10-17)23-24-21(25)18-11-7-4-8-12-18;1-15-8-5-6-12-18(15)20-23-22-19(16-9-3-2-4-10-16)24(20)17-11-7-13-21-14-17;;;;;/h6-11,13-16H,1-5H3;5-11,13-14H,1-4H3;4-10,12-14H,1-3H3;3-11,13-14H,1-2H3;2-11,13-14H,1H3;;;;;/q5*-1;;;;;. The van der Waals surface area contributed by atoms with Gasteiger partial charge in [-0.05, 0) is 171 Å². The summed E-state index contributed by atoms with van der Waals surface area (Å²) in [7, 11) is 0. The molecule has 0 aliphatic rings. The maximum Gasteiger partial charge on any atom is 0.160 e. The van der Waals surface area contributed by atoms with Gasteiger partial charge in [0.15, 0.2) is 29.1 Å². The third-order valence-electron chi connectivity index (χ3n) is 22.4. The van der Waals surface area contributed by atoms with Crippen LogP contribution in [0.1, 0.15) is 98.6 Å². The summed E-state index contributed by atoms with van der Waals surface area (Å²) in [4.78, 5) is 22.7. The van der Waals surface area contributed by atoms with E-state index in [0.29, 0.717) is 5.92 Å². The summed E-state index contributed by atoms with van der Waals surface area (Å²) in [5.41, 5.74) is 29.6. The summed E-state index contributed by atoms with van der Waals surface area (Å²) in [5, 5.41) is 45.2. The van der Waals surface area contributed by atoms with Gasteiger partial charge >= 0.3 is 0 Å². The first-order valence-corrected chi connectivity index (χ1v) is 43.4. The molecule has 10 aromatic carbocycles. The van der Waals surface area contributed by atoms with Crippen molar-refractivity contribution in [3.63, 3.8) is 0 Å². The molecule has 0 aliphatic heterocycles. The molecule has 0 saturated carbocycles. The number of hydrogen-bond donors (Lipinski definition) is 0. The Morgan fingerprint density at radius 1 is 0.265 bits per heavy atom. The first-order valence-electron chi connectivity index (χ1n) is 43.4. The van der Waals surface area contributed by atoms with Crippen LogP contribution < -0.4 is 0 Å². The molecule has 20 rings (SSSR count). The minimum atomic E-state index is 0. The van der Waals surface area contributed by atoms with E-state index in [1.54, 1.807) is 6.20 Å². The van der Waals surface area contributed by atoms with Crippen molar-refractivity contribution in [1.29, 1.82) is 0 Å². The van der Waals surface area contributed by atoms with Crippen LogP contribution in [0.3, 0.4) is 0 Å². The minimum Gasteiger partial charge on any atom is -0.315 e. The fourth-order valence-corrected chi connectivity index (χ4v) is 16.0. The Hall–Kier alpha value is -13.1. The maximum atomic E-state index is 4.70. The van der Waals surface area contributed by atoms with E-state index >= 15 is 0 Å². The Morgan fingerprint density at radius 3 is 1.16 bits per heavy atom. The molecule has 691 valence electrons. The van der Waals surface area contributed by atoms with E-state index < -0.39 is 0 Å². The van der Waals surface area contributed by atoms with Crippen molar-refractivity contribution in [2.45, 2.75) is 110 Å². The zero-order chi connectivity index (χ0) is 91.2. The van der Waals surface area contributed by atoms with Gasteiger partial charge in [-0.1, -0.05) is 148 Å². The smallest absolute Gasteiger partial charge is 0.160 e. The fourth-order valence-electron chi connectivity index (χ4n) is 16.0. The van der Waals surface area contributed by atoms with Crippen molar-refractivity contribution in [3.8, 4) is 142 Å². The largest absolute Gasteiger partial charge is 0.315 e. The van der Waals surface area contributed by atoms with E-state index in [1.807, 2.05) is 272 Å². The average molecular weight is 2670 g/mol. The van der Waals surface area contributed by atoms with Crippen molar-refractivity contribution in [2.24, 2.45) is 0 Å². The van der Waals surface area contributed by atoms with Crippen LogP contribution in [0.4, 0.5) is 0 Å². The molecule has 0 amide bonds. The summed E-state index contributed by atoms with van der Waals surface area (Å²) >= 11 is 0. The maximum absolute atomic E-state index is 4.70. The number of nitrogens with zero attached hydrogens (tertiary/aromatic N) is 20. The molecule has 0 aliphatic carbocycles. The van der Waals surface area contributed by atoms with Gasteiger partial charge in [0.05, 0.1) is 86.5 Å². The molecule has 20 nitrogen and oxygen atoms in total. The summed E-state index contributed by atoms with van der Waals surface area (Å²) < 4.78 is 10.4. The van der Waals surface area contributed by atoms with Crippen molar-refractivity contribution in [3.05, 3.63) is 419 Å². The van der Waals surface area contributed by atoms with Gasteiger partial charge in [-0.3, -0.25) is 24.9 Å². The third kappa shape index (κ3) is 23.2. The Balaban J connectivity index is 0.000000162. The molecule has 136 heavy (non-hydrogen) atoms. The van der Waals surface area contributed by atoms with Crippen LogP contribution in [0, 0.1) is 120 Å². The van der Waals surface area contributed by atoms with Gasteiger partial charge in [0.25, 0.3) is 0 Å². The molecule has 0 fully saturated rings. The third-order valence-corrected chi connectivity index (χ3v) is 22.4. The molecule has 0 spiro atoms. The Labute approximate surface area is 862 Å². The van der Waals surface area contributed by atoms with Crippen molar-refractivity contribution in [1.82, 2.24) is 98.7 Å². The van der Waals surface area contributed by atoms with Crippen LogP contribution in [-0.2, 0) is 101 Å². The van der Waals surface area contributed by atoms with Crippen LogP contribution in [0.5, 0.6) is 0 Å². The van der Waals surface area contributed by atoms with Crippen molar-refractivity contribution < 1.29 is 101 Å². The van der Waals surface area contributed by atoms with Gasteiger partial charge in [-0.15, -0.1) is 204 Å². The summed E-state index contributed by atoms with van der Waals surface area (Å²) in [5.74, 6) is 8.30. The number of rotatable bonds is 16. The zero-order valence-electron chi connectivity index (χ0n) is 77.6. The minimum absolute atomic E-state index is 0. The number of aryl methyl sites for hydroxylation is 13. The zero-order valence-corrected chi connectivity index (χ0v) is 89.6. The van der Waals surface area contributed by atoms with Gasteiger partial charge < -0.3 is 22.8 Å². The van der Waals surface area contributed by atoms with Gasteiger partial charge in [0.1, 0.15) is 0 Å². The Kier molecular flexibility index (Phi) is 36.4. The van der Waals surface area contributed by atoms with Gasteiger partial charge in [-0.2, -0.15) is 25.5 Å². The van der Waals surface area contributed by atoms with Crippen LogP contribution in [0.25, 0.3) is 142 Å². The SMILES string of the molecule is Cc1cc(C)c(-n2c(-c3[c-]cccc3)nnc2-c2ccccc2C)c(C)n1.Cc1ccc(-n2c(-c3[c-]cccc3)nnc2-c2ccccc2)c(C)n1.Cc1ccc(-n2c(-c3[c-]cccc3)nnc2-c2ccccc2C)c(C)n1.Cc1ccc[c-]c1-c1nnc(-c2ccccc2)n1-c1cccnc1.Cc1cccc(C)c1-c1nnc(-c2[c-]ccc(C(C)C)c2)n1-c1cccnc1C.[Ir].[Ir].[Ir].[Ir].[Ir]. The Bertz CT molecular complexity index is 7270. The molecule has 20 aromatic rings. The summed E-state index contributed by atoms with van der Waals surface area (Å²) in [6.07, 6.45) is 5.39. The average Bonchev–Trinajstić information content (AvgIpc) is 1.56. The van der Waals surface area contributed by atoms with Gasteiger partial charge in [0, 0.05) is 158 Å². The van der Waals surface area contributed by atoms with E-state index in [0.717, 1.165) is 204 Å². The topological polar surface area (TPSA) is 218 Å². The number of pyridine rings is 5. The molecule has 25 heteroatoms. The fraction of sp³-hybridized carbons (Fsp3) is 0.144. The van der Waals surface area contributed by atoms with E-state index in [-0.39, 0.29) is 101 Å². The van der Waals surface area contributed by atoms with Crippen LogP contribution in [0.15, 0.2) is 310 Å². The van der Waals surface area contributed by atoms with E-state index in [1.165, 1.54) is 16.7 Å². The molecule has 10 heterocycles. The van der Waals surface area contributed by atoms with E-state index in [2.05, 4.69) is 260 Å². The molecular formula is C111H97Ir5N20-5. The van der Waals surface area contributed by atoms with Crippen LogP contribution in [0.2, 0.25) is 0 Å².